The zero-order valence-corrected chi connectivity index (χ0v) is 13.5. The van der Waals surface area contributed by atoms with Crippen LogP contribution in [0.5, 0.6) is 0 Å². The molecule has 0 aliphatic rings. The van der Waals surface area contributed by atoms with Crippen LogP contribution in [-0.2, 0) is 9.59 Å². The first-order valence-electron chi connectivity index (χ1n) is 5.85. The molecule has 1 heterocycles. The van der Waals surface area contributed by atoms with Crippen molar-refractivity contribution >= 4 is 45.1 Å². The van der Waals surface area contributed by atoms with Crippen molar-refractivity contribution in [2.24, 2.45) is 0 Å². The van der Waals surface area contributed by atoms with Gasteiger partial charge in [0.2, 0.25) is 5.91 Å². The summed E-state index contributed by atoms with van der Waals surface area (Å²) < 4.78 is 0.835. The van der Waals surface area contributed by atoms with Crippen LogP contribution < -0.4 is 0 Å². The molecule has 1 aromatic rings. The van der Waals surface area contributed by atoms with Gasteiger partial charge in [0, 0.05) is 13.6 Å². The van der Waals surface area contributed by atoms with Gasteiger partial charge in [0.15, 0.2) is 0 Å². The van der Waals surface area contributed by atoms with Crippen molar-refractivity contribution in [3.8, 4) is 0 Å². The molecule has 0 aromatic carbocycles. The van der Waals surface area contributed by atoms with E-state index in [0.717, 1.165) is 3.79 Å². The van der Waals surface area contributed by atoms with Gasteiger partial charge in [-0.1, -0.05) is 0 Å². The van der Waals surface area contributed by atoms with Crippen molar-refractivity contribution in [1.29, 1.82) is 0 Å². The van der Waals surface area contributed by atoms with Crippen LogP contribution in [-0.4, -0.2) is 59.4 Å². The van der Waals surface area contributed by atoms with E-state index in [1.54, 1.807) is 19.1 Å². The zero-order chi connectivity index (χ0) is 15.3. The summed E-state index contributed by atoms with van der Waals surface area (Å²) >= 11 is 4.55. The lowest BCUT2D eigenvalue weighted by Crippen LogP contribution is -2.43. The van der Waals surface area contributed by atoms with Gasteiger partial charge in [-0.25, -0.2) is 0 Å². The summed E-state index contributed by atoms with van der Waals surface area (Å²) in [5, 5.41) is 8.71. The fourth-order valence-corrected chi connectivity index (χ4v) is 2.91. The van der Waals surface area contributed by atoms with Gasteiger partial charge in [-0.05, 0) is 35.0 Å². The van der Waals surface area contributed by atoms with E-state index in [-0.39, 0.29) is 31.4 Å². The minimum absolute atomic E-state index is 0.143. The first-order valence-corrected chi connectivity index (χ1v) is 7.46. The van der Waals surface area contributed by atoms with Crippen LogP contribution in [0.3, 0.4) is 0 Å². The quantitative estimate of drug-likeness (QED) is 0.831. The van der Waals surface area contributed by atoms with E-state index in [1.165, 1.54) is 28.2 Å². The van der Waals surface area contributed by atoms with Gasteiger partial charge in [0.1, 0.15) is 6.54 Å². The first kappa shape index (κ1) is 16.6. The fourth-order valence-electron chi connectivity index (χ4n) is 1.53. The van der Waals surface area contributed by atoms with Crippen LogP contribution in [0.2, 0.25) is 0 Å². The number of carboxylic acids is 1. The first-order chi connectivity index (χ1) is 9.35. The number of carboxylic acid groups (broad SMARTS) is 1. The average Bonchev–Trinajstić information content (AvgIpc) is 2.81. The summed E-state index contributed by atoms with van der Waals surface area (Å²) in [5.74, 6) is -1.72. The average molecular weight is 363 g/mol. The molecule has 0 saturated carbocycles. The molecule has 20 heavy (non-hydrogen) atoms. The summed E-state index contributed by atoms with van der Waals surface area (Å²) in [6.07, 6.45) is 0. The number of carbonyl (C=O) groups is 3. The molecular weight excluding hydrogens is 348 g/mol. The van der Waals surface area contributed by atoms with Gasteiger partial charge < -0.3 is 14.9 Å². The van der Waals surface area contributed by atoms with Gasteiger partial charge in [-0.3, -0.25) is 14.4 Å². The molecule has 1 N–H and O–H groups in total. The minimum Gasteiger partial charge on any atom is -0.480 e. The SMILES string of the molecule is CCN(CC(=O)O)C(=O)CN(C)C(=O)c1ccc(Br)s1. The summed E-state index contributed by atoms with van der Waals surface area (Å²) in [4.78, 5) is 37.6. The Kier molecular flexibility index (Phi) is 6.15. The third-order valence-corrected chi connectivity index (χ3v) is 4.18. The van der Waals surface area contributed by atoms with Gasteiger partial charge in [0.05, 0.1) is 15.2 Å². The zero-order valence-electron chi connectivity index (χ0n) is 11.1. The predicted octanol–water partition coefficient (Wildman–Crippen LogP) is 1.52. The van der Waals surface area contributed by atoms with Crippen LogP contribution in [0, 0.1) is 0 Å². The summed E-state index contributed by atoms with van der Waals surface area (Å²) in [6.45, 7) is 1.48. The van der Waals surface area contributed by atoms with Crippen molar-refractivity contribution in [1.82, 2.24) is 9.80 Å². The van der Waals surface area contributed by atoms with Gasteiger partial charge in [-0.15, -0.1) is 11.3 Å². The number of amides is 2. The number of hydrogen-bond acceptors (Lipinski definition) is 4. The number of nitrogens with zero attached hydrogens (tertiary/aromatic N) is 2. The van der Waals surface area contributed by atoms with E-state index in [0.29, 0.717) is 4.88 Å². The molecule has 8 heteroatoms. The molecule has 0 atom stereocenters. The normalized spacial score (nSPS) is 10.2. The van der Waals surface area contributed by atoms with E-state index in [9.17, 15) is 14.4 Å². The molecule has 1 rings (SSSR count). The minimum atomic E-state index is -1.07. The maximum Gasteiger partial charge on any atom is 0.323 e. The van der Waals surface area contributed by atoms with Crippen LogP contribution in [0.15, 0.2) is 15.9 Å². The van der Waals surface area contributed by atoms with Crippen molar-refractivity contribution in [2.45, 2.75) is 6.92 Å². The molecule has 0 fully saturated rings. The Bertz CT molecular complexity index is 517. The highest BCUT2D eigenvalue weighted by Crippen LogP contribution is 2.22. The molecule has 1 aromatic heterocycles. The van der Waals surface area contributed by atoms with Crippen LogP contribution >= 0.6 is 27.3 Å². The molecule has 110 valence electrons. The smallest absolute Gasteiger partial charge is 0.323 e. The van der Waals surface area contributed by atoms with Gasteiger partial charge in [0.25, 0.3) is 5.91 Å². The van der Waals surface area contributed by atoms with Crippen LogP contribution in [0.4, 0.5) is 0 Å². The van der Waals surface area contributed by atoms with Crippen molar-refractivity contribution in [3.63, 3.8) is 0 Å². The Balaban J connectivity index is 2.64. The fraction of sp³-hybridized carbons (Fsp3) is 0.417. The summed E-state index contributed by atoms with van der Waals surface area (Å²) in [6, 6.07) is 3.43. The Labute approximate surface area is 129 Å². The third kappa shape index (κ3) is 4.61. The topological polar surface area (TPSA) is 77.9 Å². The maximum absolute atomic E-state index is 12.1. The van der Waals surface area contributed by atoms with Crippen LogP contribution in [0.25, 0.3) is 0 Å². The number of halogens is 1. The number of carbonyl (C=O) groups excluding carboxylic acids is 2. The molecule has 0 aliphatic carbocycles. The third-order valence-electron chi connectivity index (χ3n) is 2.56. The molecule has 0 bridgehead atoms. The Morgan fingerprint density at radius 3 is 2.40 bits per heavy atom. The second-order valence-electron chi connectivity index (χ2n) is 4.07. The van der Waals surface area contributed by atoms with E-state index in [2.05, 4.69) is 15.9 Å². The van der Waals surface area contributed by atoms with Gasteiger partial charge in [-0.2, -0.15) is 0 Å². The molecule has 0 unspecified atom stereocenters. The van der Waals surface area contributed by atoms with Crippen molar-refractivity contribution < 1.29 is 19.5 Å². The molecule has 0 saturated heterocycles. The van der Waals surface area contributed by atoms with E-state index >= 15 is 0 Å². The number of hydrogen-bond donors (Lipinski definition) is 1. The summed E-state index contributed by atoms with van der Waals surface area (Å²) in [7, 11) is 1.52. The monoisotopic (exact) mass is 362 g/mol. The molecular formula is C12H15BrN2O4S. The largest absolute Gasteiger partial charge is 0.480 e. The Morgan fingerprint density at radius 2 is 1.95 bits per heavy atom. The Morgan fingerprint density at radius 1 is 1.30 bits per heavy atom. The summed E-state index contributed by atoms with van der Waals surface area (Å²) in [5.41, 5.74) is 0. The maximum atomic E-state index is 12.1. The molecule has 6 nitrogen and oxygen atoms in total. The lowest BCUT2D eigenvalue weighted by molar-refractivity contribution is -0.144. The van der Waals surface area contributed by atoms with E-state index in [4.69, 9.17) is 5.11 Å². The van der Waals surface area contributed by atoms with Crippen LogP contribution in [0.1, 0.15) is 16.6 Å². The number of aliphatic carboxylic acids is 1. The molecule has 0 radical (unpaired) electrons. The second kappa shape index (κ2) is 7.39. The highest BCUT2D eigenvalue weighted by atomic mass is 79.9. The predicted molar refractivity (Wildman–Crippen MR) is 78.9 cm³/mol. The highest BCUT2D eigenvalue weighted by molar-refractivity contribution is 9.11. The van der Waals surface area contributed by atoms with Crippen molar-refractivity contribution in [3.05, 3.63) is 20.8 Å². The molecule has 0 spiro atoms. The Hall–Kier alpha value is -1.41. The number of likely N-dealkylation sites (N-methyl/N-ethyl adjacent to an activating group) is 2. The van der Waals surface area contributed by atoms with Gasteiger partial charge >= 0.3 is 5.97 Å². The molecule has 0 aliphatic heterocycles. The lowest BCUT2D eigenvalue weighted by atomic mass is 10.3. The molecule has 2 amide bonds. The lowest BCUT2D eigenvalue weighted by Gasteiger charge is -2.22. The van der Waals surface area contributed by atoms with Crippen molar-refractivity contribution in [2.75, 3.05) is 26.7 Å². The highest BCUT2D eigenvalue weighted by Gasteiger charge is 2.20. The second-order valence-corrected chi connectivity index (χ2v) is 6.53. The van der Waals surface area contributed by atoms with E-state index in [1.807, 2.05) is 0 Å². The number of rotatable bonds is 6. The number of thiophene rings is 1. The standard InChI is InChI=1S/C12H15BrN2O4S/c1-3-15(7-11(17)18)10(16)6-14(2)12(19)8-4-5-9(13)20-8/h4-5H,3,6-7H2,1-2H3,(H,17,18). The van der Waals surface area contributed by atoms with E-state index < -0.39 is 5.97 Å².